The molecule has 1 heterocycles. The minimum atomic E-state index is -0.655. The van der Waals surface area contributed by atoms with Gasteiger partial charge in [0.1, 0.15) is 5.75 Å². The Labute approximate surface area is 171 Å². The van der Waals surface area contributed by atoms with Gasteiger partial charge in [0.2, 0.25) is 0 Å². The van der Waals surface area contributed by atoms with E-state index in [0.29, 0.717) is 11.4 Å². The van der Waals surface area contributed by atoms with Crippen LogP contribution in [0.1, 0.15) is 22.4 Å². The van der Waals surface area contributed by atoms with Gasteiger partial charge in [-0.15, -0.1) is 0 Å². The first kappa shape index (κ1) is 19.9. The average molecular weight is 417 g/mol. The third kappa shape index (κ3) is 4.53. The maximum atomic E-state index is 15.0. The zero-order valence-electron chi connectivity index (χ0n) is 14.9. The molecule has 3 rings (SSSR count). The Morgan fingerprint density at radius 1 is 1.14 bits per heavy atom. The van der Waals surface area contributed by atoms with Gasteiger partial charge in [0.15, 0.2) is 11.6 Å². The smallest absolute Gasteiger partial charge is 0.255 e. The molecule has 0 bridgehead atoms. The van der Waals surface area contributed by atoms with Crippen LogP contribution in [0.15, 0.2) is 47.3 Å². The van der Waals surface area contributed by atoms with Crippen LogP contribution in [-0.2, 0) is 12.8 Å². The van der Waals surface area contributed by atoms with Gasteiger partial charge >= 0.3 is 0 Å². The van der Waals surface area contributed by atoms with E-state index >= 15 is 4.39 Å². The first-order valence-corrected chi connectivity index (χ1v) is 9.17. The number of hydrogen-bond donors (Lipinski definition) is 1. The Morgan fingerprint density at radius 3 is 2.64 bits per heavy atom. The van der Waals surface area contributed by atoms with Crippen LogP contribution in [0, 0.1) is 24.1 Å². The molecule has 4 nitrogen and oxygen atoms in total. The molecule has 0 saturated carbocycles. The second kappa shape index (κ2) is 8.47. The summed E-state index contributed by atoms with van der Waals surface area (Å²) in [5.74, 6) is -0.661. The third-order valence-corrected chi connectivity index (χ3v) is 4.64. The Hall–Kier alpha value is -2.81. The van der Waals surface area contributed by atoms with E-state index in [2.05, 4.69) is 4.98 Å². The van der Waals surface area contributed by atoms with E-state index in [1.54, 1.807) is 12.1 Å². The van der Waals surface area contributed by atoms with Gasteiger partial charge in [0.05, 0.1) is 22.9 Å². The first-order chi connectivity index (χ1) is 13.4. The first-order valence-electron chi connectivity index (χ1n) is 8.41. The number of hydrogen-bond acceptors (Lipinski definition) is 3. The Morgan fingerprint density at radius 2 is 1.93 bits per heavy atom. The summed E-state index contributed by atoms with van der Waals surface area (Å²) in [5.41, 5.74) is 0.978. The van der Waals surface area contributed by atoms with Crippen molar-refractivity contribution in [3.8, 4) is 17.6 Å². The summed E-state index contributed by atoms with van der Waals surface area (Å²) in [5, 5.41) is 9.91. The van der Waals surface area contributed by atoms with Crippen LogP contribution >= 0.6 is 23.2 Å². The number of H-pyrrole nitrogens is 1. The molecule has 28 heavy (non-hydrogen) atoms. The van der Waals surface area contributed by atoms with Crippen molar-refractivity contribution in [2.24, 2.45) is 0 Å². The van der Waals surface area contributed by atoms with Gasteiger partial charge in [-0.05, 0) is 55.7 Å². The number of aryl methyl sites for hydroxylation is 2. The van der Waals surface area contributed by atoms with E-state index in [1.165, 1.54) is 25.1 Å². The number of pyridine rings is 1. The molecule has 3 aromatic rings. The molecule has 2 aromatic carbocycles. The molecule has 7 heteroatoms. The lowest BCUT2D eigenvalue weighted by Gasteiger charge is -2.13. The quantitative estimate of drug-likeness (QED) is 0.590. The summed E-state index contributed by atoms with van der Waals surface area (Å²) in [6.45, 7) is 1.47. The lowest BCUT2D eigenvalue weighted by molar-refractivity contribution is 0.430. The molecule has 0 spiro atoms. The summed E-state index contributed by atoms with van der Waals surface area (Å²) >= 11 is 11.9. The fourth-order valence-corrected chi connectivity index (χ4v) is 3.19. The number of nitriles is 1. The number of halogens is 3. The number of nitrogens with zero attached hydrogens (tertiary/aromatic N) is 1. The van der Waals surface area contributed by atoms with Crippen LogP contribution in [0.5, 0.6) is 11.5 Å². The number of nitrogens with one attached hydrogen (secondary N) is 1. The largest absolute Gasteiger partial charge is 0.454 e. The Kier molecular flexibility index (Phi) is 6.03. The van der Waals surface area contributed by atoms with Gasteiger partial charge in [-0.25, -0.2) is 4.39 Å². The topological polar surface area (TPSA) is 65.9 Å². The molecule has 0 unspecified atom stereocenters. The van der Waals surface area contributed by atoms with Crippen LogP contribution in [-0.4, -0.2) is 4.98 Å². The lowest BCUT2D eigenvalue weighted by Crippen LogP contribution is -2.16. The third-order valence-electron chi connectivity index (χ3n) is 4.18. The van der Waals surface area contributed by atoms with Gasteiger partial charge in [-0.1, -0.05) is 35.3 Å². The number of aromatic amines is 1. The molecular formula is C21H15Cl2FN2O2. The summed E-state index contributed by atoms with van der Waals surface area (Å²) in [6.07, 6.45) is 0.753. The van der Waals surface area contributed by atoms with E-state index in [0.717, 1.165) is 5.56 Å². The monoisotopic (exact) mass is 416 g/mol. The van der Waals surface area contributed by atoms with Crippen LogP contribution in [0.4, 0.5) is 4.39 Å². The molecule has 0 amide bonds. The minimum absolute atomic E-state index is 0.0995. The van der Waals surface area contributed by atoms with Gasteiger partial charge in [-0.3, -0.25) is 4.79 Å². The molecule has 0 aliphatic rings. The molecule has 0 fully saturated rings. The van der Waals surface area contributed by atoms with Gasteiger partial charge in [0, 0.05) is 10.0 Å². The van der Waals surface area contributed by atoms with Crippen molar-refractivity contribution >= 4 is 23.2 Å². The fraction of sp³-hybridized carbons (Fsp3) is 0.143. The van der Waals surface area contributed by atoms with Crippen molar-refractivity contribution in [3.05, 3.63) is 91.1 Å². The summed E-state index contributed by atoms with van der Waals surface area (Å²) < 4.78 is 20.6. The zero-order chi connectivity index (χ0) is 20.3. The van der Waals surface area contributed by atoms with Crippen LogP contribution in [0.25, 0.3) is 0 Å². The van der Waals surface area contributed by atoms with Crippen molar-refractivity contribution < 1.29 is 9.13 Å². The molecule has 0 radical (unpaired) electrons. The zero-order valence-corrected chi connectivity index (χ0v) is 16.4. The summed E-state index contributed by atoms with van der Waals surface area (Å²) in [4.78, 5) is 14.8. The lowest BCUT2D eigenvalue weighted by atomic mass is 10.1. The molecule has 1 N–H and O–H groups in total. The highest BCUT2D eigenvalue weighted by atomic mass is 35.5. The summed E-state index contributed by atoms with van der Waals surface area (Å²) in [7, 11) is 0. The van der Waals surface area contributed by atoms with Crippen molar-refractivity contribution in [2.75, 3.05) is 0 Å². The predicted octanol–water partition coefficient (Wildman–Crippen LogP) is 5.58. The van der Waals surface area contributed by atoms with Gasteiger partial charge < -0.3 is 9.72 Å². The van der Waals surface area contributed by atoms with Crippen molar-refractivity contribution in [1.29, 1.82) is 5.26 Å². The highest BCUT2D eigenvalue weighted by molar-refractivity contribution is 6.31. The number of aromatic nitrogens is 1. The molecule has 0 aliphatic carbocycles. The normalized spacial score (nSPS) is 10.5. The molecule has 0 saturated heterocycles. The van der Waals surface area contributed by atoms with Crippen molar-refractivity contribution in [2.45, 2.75) is 19.8 Å². The standard InChI is InChI=1S/C21H15Cl2FN2O2/c1-12-20(28-17-9-14(11-25)8-16(23)10-17)19(24)18(26-21(12)27)6-5-13-3-2-4-15(22)7-13/h2-4,7-10H,5-6H2,1H3,(H,26,27). The highest BCUT2D eigenvalue weighted by Crippen LogP contribution is 2.30. The Bertz CT molecular complexity index is 1140. The number of benzene rings is 2. The fourth-order valence-electron chi connectivity index (χ4n) is 2.75. The van der Waals surface area contributed by atoms with Crippen LogP contribution < -0.4 is 10.3 Å². The van der Waals surface area contributed by atoms with E-state index in [4.69, 9.17) is 33.2 Å². The maximum absolute atomic E-state index is 15.0. The van der Waals surface area contributed by atoms with E-state index < -0.39 is 11.4 Å². The van der Waals surface area contributed by atoms with Crippen LogP contribution in [0.2, 0.25) is 10.0 Å². The number of ether oxygens (including phenoxy) is 1. The second-order valence-electron chi connectivity index (χ2n) is 6.22. The summed E-state index contributed by atoms with van der Waals surface area (Å²) in [6, 6.07) is 13.5. The molecule has 1 aromatic heterocycles. The average Bonchev–Trinajstić information content (AvgIpc) is 2.66. The van der Waals surface area contributed by atoms with Crippen molar-refractivity contribution in [1.82, 2.24) is 4.98 Å². The van der Waals surface area contributed by atoms with E-state index in [1.807, 2.05) is 18.2 Å². The molecule has 0 atom stereocenters. The predicted molar refractivity (Wildman–Crippen MR) is 107 cm³/mol. The molecular weight excluding hydrogens is 402 g/mol. The second-order valence-corrected chi connectivity index (χ2v) is 7.09. The van der Waals surface area contributed by atoms with Crippen LogP contribution in [0.3, 0.4) is 0 Å². The van der Waals surface area contributed by atoms with Gasteiger partial charge in [-0.2, -0.15) is 5.26 Å². The number of rotatable bonds is 5. The van der Waals surface area contributed by atoms with Gasteiger partial charge in [0.25, 0.3) is 5.56 Å². The Balaban J connectivity index is 1.93. The maximum Gasteiger partial charge on any atom is 0.255 e. The molecule has 0 aliphatic heterocycles. The van der Waals surface area contributed by atoms with E-state index in [9.17, 15) is 4.79 Å². The van der Waals surface area contributed by atoms with E-state index in [-0.39, 0.29) is 39.8 Å². The highest BCUT2D eigenvalue weighted by Gasteiger charge is 2.18. The minimum Gasteiger partial charge on any atom is -0.454 e. The SMILES string of the molecule is Cc1c(Oc2cc(Cl)cc(C#N)c2)c(F)c(CCc2cccc(Cl)c2)[nH]c1=O. The van der Waals surface area contributed by atoms with Crippen molar-refractivity contribution in [3.63, 3.8) is 0 Å². The molecule has 142 valence electrons.